The Kier molecular flexibility index (Phi) is 15.9. The lowest BCUT2D eigenvalue weighted by Crippen LogP contribution is -2.10. The number of aryl methyl sites for hydroxylation is 2. The van der Waals surface area contributed by atoms with E-state index >= 15 is 0 Å². The van der Waals surface area contributed by atoms with Gasteiger partial charge in [-0.25, -0.2) is 9.59 Å². The first-order chi connectivity index (χ1) is 35.1. The fraction of sp³-hybridized carbons (Fsp3) is 0.0968. The number of cyclic esters (lactones) is 2. The van der Waals surface area contributed by atoms with Gasteiger partial charge in [-0.05, 0) is 172 Å². The molecular weight excluding hydrogens is 901 g/mol. The summed E-state index contributed by atoms with van der Waals surface area (Å²) in [6, 6.07) is 66.9. The first kappa shape index (κ1) is 49.2. The Balaban J connectivity index is 0.000000426. The largest absolute Gasteiger partial charge is 0.497 e. The lowest BCUT2D eigenvalue weighted by atomic mass is 10.1. The molecule has 72 heavy (non-hydrogen) atoms. The van der Waals surface area contributed by atoms with Gasteiger partial charge in [-0.2, -0.15) is 0 Å². The number of carbonyl (C=O) groups is 2. The van der Waals surface area contributed by atoms with Crippen LogP contribution in [0.5, 0.6) is 23.0 Å². The third-order valence-corrected chi connectivity index (χ3v) is 11.7. The maximum Gasteiger partial charge on any atom is 0.344 e. The van der Waals surface area contributed by atoms with Crippen LogP contribution < -0.4 is 28.7 Å². The van der Waals surface area contributed by atoms with Crippen LogP contribution >= 0.6 is 0 Å². The molecule has 10 rings (SSSR count). The summed E-state index contributed by atoms with van der Waals surface area (Å²) in [6.45, 7) is 4.17. The summed E-state index contributed by atoms with van der Waals surface area (Å²) in [5, 5.41) is 0. The van der Waals surface area contributed by atoms with E-state index < -0.39 is 11.9 Å². The number of ether oxygens (including phenoxy) is 6. The number of benzene rings is 8. The van der Waals surface area contributed by atoms with E-state index in [2.05, 4.69) is 47.9 Å². The number of nitrogens with zero attached hydrogens (tertiary/aromatic N) is 2. The zero-order valence-corrected chi connectivity index (χ0v) is 40.9. The summed E-state index contributed by atoms with van der Waals surface area (Å²) in [6.07, 6.45) is 3.17. The fourth-order valence-corrected chi connectivity index (χ4v) is 7.85. The van der Waals surface area contributed by atoms with E-state index in [9.17, 15) is 9.59 Å². The number of carbonyl (C=O) groups excluding carboxylic acids is 2. The monoisotopic (exact) mass is 954 g/mol. The second kappa shape index (κ2) is 23.3. The Morgan fingerprint density at radius 1 is 0.319 bits per heavy atom. The number of esters is 2. The van der Waals surface area contributed by atoms with Crippen LogP contribution in [0.25, 0.3) is 11.5 Å². The molecule has 0 radical (unpaired) electrons. The van der Waals surface area contributed by atoms with E-state index in [1.54, 1.807) is 40.6 Å². The summed E-state index contributed by atoms with van der Waals surface area (Å²) in [4.78, 5) is 30.7. The molecule has 360 valence electrons. The summed E-state index contributed by atoms with van der Waals surface area (Å²) >= 11 is 0. The zero-order valence-electron chi connectivity index (χ0n) is 40.9. The molecule has 0 atom stereocenters. The highest BCUT2D eigenvalue weighted by Crippen LogP contribution is 2.40. The molecule has 2 aliphatic heterocycles. The average Bonchev–Trinajstić information content (AvgIpc) is 4.02. The van der Waals surface area contributed by atoms with Crippen molar-refractivity contribution in [1.82, 2.24) is 0 Å². The standard InChI is InChI=1S/C48H38N2O8.2C7H8/c1-53-39-21-13-35(14-22-39)49(36-15-23-40(54-2)24-16-36)33-9-5-31(6-10-33)45-29-43(47(51)57-45)44-30-46(58-48(44)52)32-7-11-34(12-8-32)50(37-17-25-41(55-3)26-18-37)38-19-27-42(56-4)28-20-38;2*1-7-5-3-2-4-6-7/h5-30H,1-4H3;2*2-6H,1H3/b44-43+;;. The predicted molar refractivity (Wildman–Crippen MR) is 286 cm³/mol. The highest BCUT2D eigenvalue weighted by atomic mass is 16.6. The van der Waals surface area contributed by atoms with E-state index in [1.165, 1.54) is 11.1 Å². The molecule has 0 spiro atoms. The zero-order chi connectivity index (χ0) is 50.4. The molecule has 8 aromatic rings. The molecule has 0 N–H and O–H groups in total. The van der Waals surface area contributed by atoms with Crippen molar-refractivity contribution in [2.45, 2.75) is 13.8 Å². The van der Waals surface area contributed by atoms with Crippen molar-refractivity contribution in [3.05, 3.63) is 252 Å². The van der Waals surface area contributed by atoms with E-state index in [0.29, 0.717) is 22.6 Å². The maximum absolute atomic E-state index is 13.2. The van der Waals surface area contributed by atoms with Crippen LogP contribution in [0.1, 0.15) is 22.3 Å². The third-order valence-electron chi connectivity index (χ3n) is 11.7. The molecule has 0 bridgehead atoms. The molecule has 2 aliphatic rings. The molecule has 0 unspecified atom stereocenters. The molecule has 0 saturated carbocycles. The third kappa shape index (κ3) is 11.9. The Hall–Kier alpha value is -9.28. The van der Waals surface area contributed by atoms with Gasteiger partial charge in [0, 0.05) is 45.3 Å². The molecule has 0 aromatic heterocycles. The smallest absolute Gasteiger partial charge is 0.344 e. The number of methoxy groups -OCH3 is 4. The molecule has 0 amide bonds. The first-order valence-electron chi connectivity index (χ1n) is 23.2. The number of hydrogen-bond acceptors (Lipinski definition) is 10. The highest BCUT2D eigenvalue weighted by molar-refractivity contribution is 6.12. The minimum absolute atomic E-state index is 0.124. The normalized spacial score (nSPS) is 13.4. The Bertz CT molecular complexity index is 2860. The summed E-state index contributed by atoms with van der Waals surface area (Å²) in [5.41, 5.74) is 9.64. The summed E-state index contributed by atoms with van der Waals surface area (Å²) in [5.74, 6) is 2.38. The minimum atomic E-state index is -0.633. The van der Waals surface area contributed by atoms with Crippen molar-refractivity contribution in [3.8, 4) is 23.0 Å². The van der Waals surface area contributed by atoms with Gasteiger partial charge in [0.05, 0.1) is 39.6 Å². The van der Waals surface area contributed by atoms with Gasteiger partial charge in [0.2, 0.25) is 0 Å². The SMILES string of the molecule is COc1ccc(N(c2ccc(OC)cc2)c2ccc(C3=C/C(=C4/C=C(c5ccc(N(c6ccc(OC)cc6)c6ccc(OC)cc6)cc5)OC4=O)C(=O)O3)cc2)cc1.Cc1ccccc1.Cc1ccccc1. The van der Waals surface area contributed by atoms with Crippen LogP contribution in [0.2, 0.25) is 0 Å². The minimum Gasteiger partial charge on any atom is -0.497 e. The van der Waals surface area contributed by atoms with Crippen molar-refractivity contribution < 1.29 is 38.0 Å². The number of rotatable bonds is 12. The van der Waals surface area contributed by atoms with Crippen molar-refractivity contribution in [2.75, 3.05) is 38.2 Å². The Morgan fingerprint density at radius 3 is 0.764 bits per heavy atom. The van der Waals surface area contributed by atoms with E-state index in [1.807, 2.05) is 182 Å². The summed E-state index contributed by atoms with van der Waals surface area (Å²) < 4.78 is 32.9. The van der Waals surface area contributed by atoms with Crippen molar-refractivity contribution in [2.24, 2.45) is 0 Å². The molecule has 0 fully saturated rings. The summed E-state index contributed by atoms with van der Waals surface area (Å²) in [7, 11) is 6.53. The molecule has 0 saturated heterocycles. The Labute approximate surface area is 420 Å². The van der Waals surface area contributed by atoms with E-state index in [0.717, 1.165) is 57.1 Å². The molecule has 2 heterocycles. The first-order valence-corrected chi connectivity index (χ1v) is 23.2. The average molecular weight is 955 g/mol. The fourth-order valence-electron chi connectivity index (χ4n) is 7.85. The molecule has 10 nitrogen and oxygen atoms in total. The topological polar surface area (TPSA) is 96.0 Å². The van der Waals surface area contributed by atoms with Gasteiger partial charge in [0.1, 0.15) is 34.5 Å². The quantitative estimate of drug-likeness (QED) is 0.0870. The van der Waals surface area contributed by atoms with Gasteiger partial charge in [-0.3, -0.25) is 0 Å². The van der Waals surface area contributed by atoms with Gasteiger partial charge in [0.25, 0.3) is 0 Å². The van der Waals surface area contributed by atoms with Crippen molar-refractivity contribution in [3.63, 3.8) is 0 Å². The van der Waals surface area contributed by atoms with Crippen LogP contribution in [0.4, 0.5) is 34.1 Å². The van der Waals surface area contributed by atoms with Gasteiger partial charge in [0.15, 0.2) is 0 Å². The van der Waals surface area contributed by atoms with Crippen LogP contribution in [0.15, 0.2) is 230 Å². The van der Waals surface area contributed by atoms with Gasteiger partial charge >= 0.3 is 11.9 Å². The van der Waals surface area contributed by atoms with E-state index in [4.69, 9.17) is 28.4 Å². The van der Waals surface area contributed by atoms with Crippen molar-refractivity contribution in [1.29, 1.82) is 0 Å². The van der Waals surface area contributed by atoms with Crippen LogP contribution in [-0.4, -0.2) is 40.4 Å². The molecule has 8 aromatic carbocycles. The van der Waals surface area contributed by atoms with Gasteiger partial charge in [-0.15, -0.1) is 0 Å². The lowest BCUT2D eigenvalue weighted by Gasteiger charge is -2.26. The van der Waals surface area contributed by atoms with Crippen LogP contribution in [0.3, 0.4) is 0 Å². The predicted octanol–water partition coefficient (Wildman–Crippen LogP) is 14.4. The highest BCUT2D eigenvalue weighted by Gasteiger charge is 2.32. The Morgan fingerprint density at radius 2 is 0.556 bits per heavy atom. The molecular formula is C62H54N2O8. The molecule has 10 heteroatoms. The second-order valence-electron chi connectivity index (χ2n) is 16.5. The van der Waals surface area contributed by atoms with Crippen LogP contribution in [0, 0.1) is 13.8 Å². The number of anilines is 6. The molecule has 0 aliphatic carbocycles. The lowest BCUT2D eigenvalue weighted by molar-refractivity contribution is -0.133. The van der Waals surface area contributed by atoms with Crippen LogP contribution in [-0.2, 0) is 19.1 Å². The number of hydrogen-bond donors (Lipinski definition) is 0. The van der Waals surface area contributed by atoms with Gasteiger partial charge < -0.3 is 38.2 Å². The second-order valence-corrected chi connectivity index (χ2v) is 16.5. The maximum atomic E-state index is 13.2. The van der Waals surface area contributed by atoms with Crippen molar-refractivity contribution >= 4 is 57.6 Å². The van der Waals surface area contributed by atoms with E-state index in [-0.39, 0.29) is 11.1 Å². The van der Waals surface area contributed by atoms with Gasteiger partial charge in [-0.1, -0.05) is 71.8 Å².